The highest BCUT2D eigenvalue weighted by molar-refractivity contribution is 5.73. The maximum Gasteiger partial charge on any atom is 0.310 e. The standard InChI is InChI=1S/C14H20O3/c1-4-8-17-13-7-6-12(11(3)9-13)10-14(15)16-5-2/h6-7,9H,4-5,8,10H2,1-3H3. The van der Waals surface area contributed by atoms with Gasteiger partial charge in [0.2, 0.25) is 0 Å². The van der Waals surface area contributed by atoms with Crippen LogP contribution in [0, 0.1) is 6.92 Å². The molecule has 1 aromatic rings. The van der Waals surface area contributed by atoms with E-state index < -0.39 is 0 Å². The van der Waals surface area contributed by atoms with E-state index in [9.17, 15) is 4.79 Å². The van der Waals surface area contributed by atoms with Crippen LogP contribution in [0.5, 0.6) is 5.75 Å². The lowest BCUT2D eigenvalue weighted by Gasteiger charge is -2.09. The summed E-state index contributed by atoms with van der Waals surface area (Å²) in [5, 5.41) is 0. The van der Waals surface area contributed by atoms with Crippen molar-refractivity contribution in [3.05, 3.63) is 29.3 Å². The summed E-state index contributed by atoms with van der Waals surface area (Å²) in [6.45, 7) is 7.01. The molecule has 0 radical (unpaired) electrons. The first-order chi connectivity index (χ1) is 8.17. The second-order valence-corrected chi connectivity index (χ2v) is 3.92. The lowest BCUT2D eigenvalue weighted by Crippen LogP contribution is -2.08. The molecule has 0 aliphatic heterocycles. The normalized spacial score (nSPS) is 10.1. The number of carbonyl (C=O) groups is 1. The highest BCUT2D eigenvalue weighted by Crippen LogP contribution is 2.18. The van der Waals surface area contributed by atoms with Gasteiger partial charge in [0.15, 0.2) is 0 Å². The fourth-order valence-electron chi connectivity index (χ4n) is 1.54. The molecular formula is C14H20O3. The van der Waals surface area contributed by atoms with Gasteiger partial charge in [-0.3, -0.25) is 4.79 Å². The van der Waals surface area contributed by atoms with Gasteiger partial charge >= 0.3 is 5.97 Å². The van der Waals surface area contributed by atoms with Gasteiger partial charge in [-0.2, -0.15) is 0 Å². The Kier molecular flexibility index (Phi) is 5.53. The van der Waals surface area contributed by atoms with Crippen LogP contribution >= 0.6 is 0 Å². The number of carbonyl (C=O) groups excluding carboxylic acids is 1. The van der Waals surface area contributed by atoms with Crippen molar-refractivity contribution < 1.29 is 14.3 Å². The highest BCUT2D eigenvalue weighted by Gasteiger charge is 2.07. The van der Waals surface area contributed by atoms with E-state index in [1.165, 1.54) is 0 Å². The summed E-state index contributed by atoms with van der Waals surface area (Å²) < 4.78 is 10.5. The number of ether oxygens (including phenoxy) is 2. The minimum Gasteiger partial charge on any atom is -0.494 e. The Hall–Kier alpha value is -1.51. The molecule has 0 saturated carbocycles. The average Bonchev–Trinajstić information content (AvgIpc) is 2.30. The van der Waals surface area contributed by atoms with Crippen LogP contribution < -0.4 is 4.74 Å². The van der Waals surface area contributed by atoms with Crippen molar-refractivity contribution in [2.45, 2.75) is 33.6 Å². The average molecular weight is 236 g/mol. The fraction of sp³-hybridized carbons (Fsp3) is 0.500. The number of hydrogen-bond donors (Lipinski definition) is 0. The van der Waals surface area contributed by atoms with Crippen molar-refractivity contribution in [2.75, 3.05) is 13.2 Å². The van der Waals surface area contributed by atoms with Gasteiger partial charge in [0.25, 0.3) is 0 Å². The third-order valence-corrected chi connectivity index (χ3v) is 2.43. The zero-order valence-corrected chi connectivity index (χ0v) is 10.8. The molecule has 1 rings (SSSR count). The SMILES string of the molecule is CCCOc1ccc(CC(=O)OCC)c(C)c1. The van der Waals surface area contributed by atoms with Gasteiger partial charge in [0.05, 0.1) is 19.6 Å². The quantitative estimate of drug-likeness (QED) is 0.712. The Morgan fingerprint density at radius 3 is 2.65 bits per heavy atom. The second kappa shape index (κ2) is 6.94. The first-order valence-electron chi connectivity index (χ1n) is 6.05. The van der Waals surface area contributed by atoms with E-state index in [2.05, 4.69) is 6.92 Å². The molecule has 0 bridgehead atoms. The van der Waals surface area contributed by atoms with Crippen LogP contribution in [0.15, 0.2) is 18.2 Å². The Morgan fingerprint density at radius 1 is 1.29 bits per heavy atom. The lowest BCUT2D eigenvalue weighted by molar-refractivity contribution is -0.142. The predicted octanol–water partition coefficient (Wildman–Crippen LogP) is 2.89. The number of esters is 1. The highest BCUT2D eigenvalue weighted by atomic mass is 16.5. The molecule has 0 N–H and O–H groups in total. The number of rotatable bonds is 6. The predicted molar refractivity (Wildman–Crippen MR) is 67.3 cm³/mol. The maximum absolute atomic E-state index is 11.4. The first-order valence-corrected chi connectivity index (χ1v) is 6.05. The Balaban J connectivity index is 2.65. The summed E-state index contributed by atoms with van der Waals surface area (Å²) in [4.78, 5) is 11.4. The minimum atomic E-state index is -0.183. The van der Waals surface area contributed by atoms with Crippen molar-refractivity contribution in [1.82, 2.24) is 0 Å². The smallest absolute Gasteiger partial charge is 0.310 e. The van der Waals surface area contributed by atoms with E-state index in [1.54, 1.807) is 0 Å². The van der Waals surface area contributed by atoms with Gasteiger partial charge in [-0.15, -0.1) is 0 Å². The molecule has 1 aromatic carbocycles. The molecule has 3 nitrogen and oxygen atoms in total. The third kappa shape index (κ3) is 4.47. The monoisotopic (exact) mass is 236 g/mol. The van der Waals surface area contributed by atoms with Crippen molar-refractivity contribution >= 4 is 5.97 Å². The molecule has 0 atom stereocenters. The molecule has 0 unspecified atom stereocenters. The van der Waals surface area contributed by atoms with E-state index in [-0.39, 0.29) is 5.97 Å². The van der Waals surface area contributed by atoms with Gasteiger partial charge in [-0.1, -0.05) is 13.0 Å². The molecular weight excluding hydrogens is 216 g/mol. The van der Waals surface area contributed by atoms with Crippen LogP contribution in [-0.2, 0) is 16.0 Å². The zero-order valence-electron chi connectivity index (χ0n) is 10.8. The van der Waals surface area contributed by atoms with Crippen LogP contribution in [-0.4, -0.2) is 19.2 Å². The molecule has 0 spiro atoms. The van der Waals surface area contributed by atoms with Crippen molar-refractivity contribution in [3.63, 3.8) is 0 Å². The van der Waals surface area contributed by atoms with E-state index in [4.69, 9.17) is 9.47 Å². The number of aryl methyl sites for hydroxylation is 1. The van der Waals surface area contributed by atoms with Crippen molar-refractivity contribution in [3.8, 4) is 5.75 Å². The first kappa shape index (κ1) is 13.6. The largest absolute Gasteiger partial charge is 0.494 e. The maximum atomic E-state index is 11.4. The minimum absolute atomic E-state index is 0.183. The van der Waals surface area contributed by atoms with E-state index >= 15 is 0 Å². The molecule has 94 valence electrons. The van der Waals surface area contributed by atoms with Crippen molar-refractivity contribution in [2.24, 2.45) is 0 Å². The summed E-state index contributed by atoms with van der Waals surface area (Å²) >= 11 is 0. The summed E-state index contributed by atoms with van der Waals surface area (Å²) in [5.41, 5.74) is 2.05. The third-order valence-electron chi connectivity index (χ3n) is 2.43. The van der Waals surface area contributed by atoms with Gasteiger partial charge in [-0.05, 0) is 43.5 Å². The zero-order chi connectivity index (χ0) is 12.7. The molecule has 0 saturated heterocycles. The van der Waals surface area contributed by atoms with Crippen LogP contribution in [0.3, 0.4) is 0 Å². The van der Waals surface area contributed by atoms with E-state index in [0.717, 1.165) is 29.9 Å². The molecule has 0 aromatic heterocycles. The van der Waals surface area contributed by atoms with Crippen LogP contribution in [0.2, 0.25) is 0 Å². The van der Waals surface area contributed by atoms with Gasteiger partial charge in [-0.25, -0.2) is 0 Å². The van der Waals surface area contributed by atoms with Crippen LogP contribution in [0.4, 0.5) is 0 Å². The Bertz CT molecular complexity index is 372. The van der Waals surface area contributed by atoms with Crippen molar-refractivity contribution in [1.29, 1.82) is 0 Å². The molecule has 0 amide bonds. The topological polar surface area (TPSA) is 35.5 Å². The molecule has 0 fully saturated rings. The molecule has 0 aliphatic carbocycles. The Labute approximate surface area is 103 Å². The second-order valence-electron chi connectivity index (χ2n) is 3.92. The van der Waals surface area contributed by atoms with E-state index in [0.29, 0.717) is 13.0 Å². The summed E-state index contributed by atoms with van der Waals surface area (Å²) in [6, 6.07) is 5.79. The number of benzene rings is 1. The van der Waals surface area contributed by atoms with E-state index in [1.807, 2.05) is 32.0 Å². The number of hydrogen-bond acceptors (Lipinski definition) is 3. The van der Waals surface area contributed by atoms with Gasteiger partial charge in [0, 0.05) is 0 Å². The molecule has 3 heteroatoms. The molecule has 0 aliphatic rings. The van der Waals surface area contributed by atoms with Gasteiger partial charge < -0.3 is 9.47 Å². The summed E-state index contributed by atoms with van der Waals surface area (Å²) in [6.07, 6.45) is 1.32. The summed E-state index contributed by atoms with van der Waals surface area (Å²) in [7, 11) is 0. The van der Waals surface area contributed by atoms with Crippen LogP contribution in [0.1, 0.15) is 31.4 Å². The Morgan fingerprint density at radius 2 is 2.06 bits per heavy atom. The van der Waals surface area contributed by atoms with Crippen LogP contribution in [0.25, 0.3) is 0 Å². The molecule has 17 heavy (non-hydrogen) atoms. The fourth-order valence-corrected chi connectivity index (χ4v) is 1.54. The lowest BCUT2D eigenvalue weighted by atomic mass is 10.1. The summed E-state index contributed by atoms with van der Waals surface area (Å²) in [5.74, 6) is 0.676. The van der Waals surface area contributed by atoms with Gasteiger partial charge in [0.1, 0.15) is 5.75 Å². The molecule has 0 heterocycles.